The van der Waals surface area contributed by atoms with Gasteiger partial charge in [-0.1, -0.05) is 17.7 Å². The molecule has 0 aromatic heterocycles. The molecule has 0 bridgehead atoms. The summed E-state index contributed by atoms with van der Waals surface area (Å²) in [6, 6.07) is 5.71. The van der Waals surface area contributed by atoms with Crippen molar-refractivity contribution in [3.8, 4) is 5.75 Å². The van der Waals surface area contributed by atoms with E-state index in [1.807, 2.05) is 19.1 Å². The molecule has 0 radical (unpaired) electrons. The maximum Gasteiger partial charge on any atom is 0.120 e. The van der Waals surface area contributed by atoms with E-state index in [0.717, 1.165) is 51.5 Å². The Morgan fingerprint density at radius 2 is 2.11 bits per heavy atom. The largest absolute Gasteiger partial charge is 0.508 e. The molecule has 1 heterocycles. The van der Waals surface area contributed by atoms with Crippen molar-refractivity contribution < 1.29 is 9.84 Å². The number of hydrogen-bond donors (Lipinski definition) is 2. The molecule has 1 saturated heterocycles. The van der Waals surface area contributed by atoms with Crippen LogP contribution in [0.5, 0.6) is 5.75 Å². The number of nitrogens with one attached hydrogen (secondary N) is 1. The topological polar surface area (TPSA) is 44.7 Å². The minimum atomic E-state index is 0.375. The van der Waals surface area contributed by atoms with Crippen LogP contribution < -0.4 is 5.32 Å². The monoisotopic (exact) mass is 250 g/mol. The van der Waals surface area contributed by atoms with Crippen LogP contribution in [0.1, 0.15) is 11.1 Å². The van der Waals surface area contributed by atoms with E-state index in [-0.39, 0.29) is 0 Å². The third-order valence-electron chi connectivity index (χ3n) is 3.26. The molecule has 0 atom stereocenters. The smallest absolute Gasteiger partial charge is 0.120 e. The molecule has 0 amide bonds. The zero-order valence-electron chi connectivity index (χ0n) is 11.0. The maximum atomic E-state index is 9.72. The molecule has 0 saturated carbocycles. The number of rotatable bonds is 5. The SMILES string of the molecule is Cc1ccc(O)c(CNCCN2CCOCC2)c1. The number of phenolic OH excluding ortho intramolecular Hbond substituents is 1. The second-order valence-corrected chi connectivity index (χ2v) is 4.76. The van der Waals surface area contributed by atoms with Gasteiger partial charge in [-0.05, 0) is 13.0 Å². The third-order valence-corrected chi connectivity index (χ3v) is 3.26. The third kappa shape index (κ3) is 3.98. The van der Waals surface area contributed by atoms with E-state index in [1.54, 1.807) is 6.07 Å². The Balaban J connectivity index is 1.69. The second-order valence-electron chi connectivity index (χ2n) is 4.76. The van der Waals surface area contributed by atoms with Crippen LogP contribution in [0, 0.1) is 6.92 Å². The Morgan fingerprint density at radius 1 is 1.33 bits per heavy atom. The summed E-state index contributed by atoms with van der Waals surface area (Å²) in [5, 5.41) is 13.1. The van der Waals surface area contributed by atoms with Crippen molar-refractivity contribution in [2.75, 3.05) is 39.4 Å². The Kier molecular flexibility index (Phi) is 4.99. The van der Waals surface area contributed by atoms with Gasteiger partial charge in [0.05, 0.1) is 13.2 Å². The molecule has 100 valence electrons. The van der Waals surface area contributed by atoms with Gasteiger partial charge in [-0.15, -0.1) is 0 Å². The van der Waals surface area contributed by atoms with Crippen LogP contribution >= 0.6 is 0 Å². The van der Waals surface area contributed by atoms with Gasteiger partial charge in [-0.25, -0.2) is 0 Å². The van der Waals surface area contributed by atoms with E-state index in [0.29, 0.717) is 5.75 Å². The molecular weight excluding hydrogens is 228 g/mol. The lowest BCUT2D eigenvalue weighted by atomic mass is 10.1. The van der Waals surface area contributed by atoms with Gasteiger partial charge in [0.25, 0.3) is 0 Å². The molecule has 0 unspecified atom stereocenters. The average Bonchev–Trinajstić information content (AvgIpc) is 2.40. The maximum absolute atomic E-state index is 9.72. The Hall–Kier alpha value is -1.10. The van der Waals surface area contributed by atoms with Gasteiger partial charge in [-0.3, -0.25) is 4.90 Å². The lowest BCUT2D eigenvalue weighted by Crippen LogP contribution is -2.40. The summed E-state index contributed by atoms with van der Waals surface area (Å²) in [5.74, 6) is 0.375. The van der Waals surface area contributed by atoms with Crippen LogP contribution in [0.25, 0.3) is 0 Å². The number of morpholine rings is 1. The van der Waals surface area contributed by atoms with Crippen LogP contribution in [0.3, 0.4) is 0 Å². The summed E-state index contributed by atoms with van der Waals surface area (Å²) in [6.45, 7) is 8.48. The predicted molar refractivity (Wildman–Crippen MR) is 71.8 cm³/mol. The standard InChI is InChI=1S/C14H22N2O2/c1-12-2-3-14(17)13(10-12)11-15-4-5-16-6-8-18-9-7-16/h2-3,10,15,17H,4-9,11H2,1H3. The second kappa shape index (κ2) is 6.73. The minimum absolute atomic E-state index is 0.375. The number of hydrogen-bond acceptors (Lipinski definition) is 4. The summed E-state index contributed by atoms with van der Waals surface area (Å²) < 4.78 is 5.31. The number of ether oxygens (including phenoxy) is 1. The van der Waals surface area contributed by atoms with E-state index in [1.165, 1.54) is 5.56 Å². The van der Waals surface area contributed by atoms with Crippen LogP contribution in [0.4, 0.5) is 0 Å². The van der Waals surface area contributed by atoms with Crippen molar-refractivity contribution in [3.05, 3.63) is 29.3 Å². The first-order chi connectivity index (χ1) is 8.75. The van der Waals surface area contributed by atoms with Crippen molar-refractivity contribution in [1.82, 2.24) is 10.2 Å². The van der Waals surface area contributed by atoms with Gasteiger partial charge in [0, 0.05) is 38.3 Å². The molecule has 1 fully saturated rings. The first kappa shape index (κ1) is 13.3. The number of aryl methyl sites for hydroxylation is 1. The van der Waals surface area contributed by atoms with Crippen LogP contribution in [-0.2, 0) is 11.3 Å². The highest BCUT2D eigenvalue weighted by Crippen LogP contribution is 2.17. The van der Waals surface area contributed by atoms with Gasteiger partial charge in [0.15, 0.2) is 0 Å². The minimum Gasteiger partial charge on any atom is -0.508 e. The van der Waals surface area contributed by atoms with E-state index in [9.17, 15) is 5.11 Å². The summed E-state index contributed by atoms with van der Waals surface area (Å²) >= 11 is 0. The van der Waals surface area contributed by atoms with Crippen molar-refractivity contribution >= 4 is 0 Å². The molecule has 1 aliphatic rings. The van der Waals surface area contributed by atoms with Gasteiger partial charge in [0.2, 0.25) is 0 Å². The molecule has 2 N–H and O–H groups in total. The summed E-state index contributed by atoms with van der Waals surface area (Å²) in [6.07, 6.45) is 0. The van der Waals surface area contributed by atoms with E-state index < -0.39 is 0 Å². The summed E-state index contributed by atoms with van der Waals surface area (Å²) in [7, 11) is 0. The average molecular weight is 250 g/mol. The number of aromatic hydroxyl groups is 1. The Bertz CT molecular complexity index is 376. The van der Waals surface area contributed by atoms with Gasteiger partial charge >= 0.3 is 0 Å². The first-order valence-corrected chi connectivity index (χ1v) is 6.55. The molecule has 18 heavy (non-hydrogen) atoms. The van der Waals surface area contributed by atoms with Gasteiger partial charge in [-0.2, -0.15) is 0 Å². The first-order valence-electron chi connectivity index (χ1n) is 6.55. The fourth-order valence-electron chi connectivity index (χ4n) is 2.14. The Morgan fingerprint density at radius 3 is 2.89 bits per heavy atom. The summed E-state index contributed by atoms with van der Waals surface area (Å²) in [5.41, 5.74) is 2.15. The lowest BCUT2D eigenvalue weighted by molar-refractivity contribution is 0.0384. The number of phenols is 1. The highest BCUT2D eigenvalue weighted by molar-refractivity contribution is 5.35. The molecular formula is C14H22N2O2. The molecule has 0 aliphatic carbocycles. The quantitative estimate of drug-likeness (QED) is 0.769. The molecule has 4 nitrogen and oxygen atoms in total. The highest BCUT2D eigenvalue weighted by Gasteiger charge is 2.09. The fourth-order valence-corrected chi connectivity index (χ4v) is 2.14. The number of benzene rings is 1. The zero-order chi connectivity index (χ0) is 12.8. The van der Waals surface area contributed by atoms with Gasteiger partial charge in [0.1, 0.15) is 5.75 Å². The van der Waals surface area contributed by atoms with E-state index in [4.69, 9.17) is 4.74 Å². The van der Waals surface area contributed by atoms with Crippen molar-refractivity contribution in [2.24, 2.45) is 0 Å². The van der Waals surface area contributed by atoms with Crippen LogP contribution in [0.2, 0.25) is 0 Å². The van der Waals surface area contributed by atoms with E-state index in [2.05, 4.69) is 10.2 Å². The van der Waals surface area contributed by atoms with Crippen LogP contribution in [0.15, 0.2) is 18.2 Å². The van der Waals surface area contributed by atoms with Crippen LogP contribution in [-0.4, -0.2) is 49.4 Å². The molecule has 1 aliphatic heterocycles. The molecule has 2 rings (SSSR count). The van der Waals surface area contributed by atoms with Gasteiger partial charge < -0.3 is 15.2 Å². The molecule has 1 aromatic carbocycles. The Labute approximate surface area is 109 Å². The molecule has 1 aromatic rings. The van der Waals surface area contributed by atoms with Crippen molar-refractivity contribution in [3.63, 3.8) is 0 Å². The van der Waals surface area contributed by atoms with E-state index >= 15 is 0 Å². The summed E-state index contributed by atoms with van der Waals surface area (Å²) in [4.78, 5) is 2.40. The predicted octanol–water partition coefficient (Wildman–Crippen LogP) is 1.12. The highest BCUT2D eigenvalue weighted by atomic mass is 16.5. The molecule has 4 heteroatoms. The number of nitrogens with zero attached hydrogens (tertiary/aromatic N) is 1. The van der Waals surface area contributed by atoms with Crippen molar-refractivity contribution in [2.45, 2.75) is 13.5 Å². The molecule has 0 spiro atoms. The fraction of sp³-hybridized carbons (Fsp3) is 0.571. The normalized spacial score (nSPS) is 16.9. The lowest BCUT2D eigenvalue weighted by Gasteiger charge is -2.26. The van der Waals surface area contributed by atoms with Crippen molar-refractivity contribution in [1.29, 1.82) is 0 Å². The zero-order valence-corrected chi connectivity index (χ0v) is 11.0.